The van der Waals surface area contributed by atoms with E-state index in [1.54, 1.807) is 13.2 Å². The summed E-state index contributed by atoms with van der Waals surface area (Å²) in [6.07, 6.45) is 1.99. The van der Waals surface area contributed by atoms with Gasteiger partial charge in [0.05, 0.1) is 11.3 Å². The molecule has 7 heteroatoms. The second-order valence-electron chi connectivity index (χ2n) is 5.55. The molecule has 0 saturated heterocycles. The van der Waals surface area contributed by atoms with E-state index in [1.165, 1.54) is 5.06 Å². The lowest BCUT2D eigenvalue weighted by Gasteiger charge is -2.36. The van der Waals surface area contributed by atoms with Gasteiger partial charge in [0, 0.05) is 24.1 Å². The first kappa shape index (κ1) is 14.5. The van der Waals surface area contributed by atoms with Crippen LogP contribution in [0.5, 0.6) is 5.75 Å². The maximum atomic E-state index is 6.14. The Kier molecular flexibility index (Phi) is 3.28. The molecule has 3 heterocycles. The lowest BCUT2D eigenvalue weighted by atomic mass is 9.91. The van der Waals surface area contributed by atoms with E-state index in [1.807, 2.05) is 36.4 Å². The first-order chi connectivity index (χ1) is 11.1. The highest BCUT2D eigenvalue weighted by atomic mass is 79.9. The summed E-state index contributed by atoms with van der Waals surface area (Å²) in [5, 5.41) is 1.49. The first-order valence-corrected chi connectivity index (χ1v) is 8.02. The topological polar surface area (TPSA) is 73.0 Å². The van der Waals surface area contributed by atoms with Crippen LogP contribution in [0.1, 0.15) is 23.8 Å². The highest BCUT2D eigenvalue weighted by molar-refractivity contribution is 9.10. The van der Waals surface area contributed by atoms with Crippen LogP contribution in [-0.2, 0) is 10.6 Å². The summed E-state index contributed by atoms with van der Waals surface area (Å²) >= 11 is 3.49. The van der Waals surface area contributed by atoms with Crippen LogP contribution in [-0.4, -0.2) is 23.1 Å². The van der Waals surface area contributed by atoms with Gasteiger partial charge in [-0.05, 0) is 30.3 Å². The lowest BCUT2D eigenvalue weighted by molar-refractivity contribution is -0.191. The van der Waals surface area contributed by atoms with E-state index in [9.17, 15) is 0 Å². The summed E-state index contributed by atoms with van der Waals surface area (Å²) in [6.45, 7) is 0. The molecule has 118 valence electrons. The fraction of sp³-hybridized carbons (Fsp3) is 0.250. The number of hydrogen-bond donors (Lipinski definition) is 1. The Morgan fingerprint density at radius 2 is 2.22 bits per heavy atom. The largest absolute Gasteiger partial charge is 0.483 e. The number of benzene rings is 1. The molecule has 1 aromatic heterocycles. The van der Waals surface area contributed by atoms with Gasteiger partial charge in [-0.3, -0.25) is 4.98 Å². The third-order valence-electron chi connectivity index (χ3n) is 4.02. The van der Waals surface area contributed by atoms with Crippen LogP contribution < -0.4 is 10.5 Å². The standard InChI is InChI=1S/C16H15BrN4O2/c1-21-15(18)20-16(23-21)9-14(12-4-2-3-7-19-12)22-13-6-5-10(17)8-11(13)16/h2-8,14H,9H2,1H3,(H2,18,20). The van der Waals surface area contributed by atoms with Gasteiger partial charge in [-0.15, -0.1) is 0 Å². The highest BCUT2D eigenvalue weighted by Gasteiger charge is 2.49. The Hall–Kier alpha value is -2.12. The van der Waals surface area contributed by atoms with Gasteiger partial charge in [0.25, 0.3) is 0 Å². The van der Waals surface area contributed by atoms with E-state index in [0.717, 1.165) is 21.5 Å². The number of halogens is 1. The summed E-state index contributed by atoms with van der Waals surface area (Å²) in [6, 6.07) is 11.6. The molecule has 1 aromatic carbocycles. The third kappa shape index (κ3) is 2.36. The molecule has 2 unspecified atom stereocenters. The van der Waals surface area contributed by atoms with Crippen LogP contribution in [0.4, 0.5) is 0 Å². The van der Waals surface area contributed by atoms with Gasteiger partial charge in [0.1, 0.15) is 11.9 Å². The fourth-order valence-electron chi connectivity index (χ4n) is 2.94. The normalized spacial score (nSPS) is 25.9. The number of pyridine rings is 1. The van der Waals surface area contributed by atoms with Crippen LogP contribution >= 0.6 is 15.9 Å². The molecular weight excluding hydrogens is 360 g/mol. The van der Waals surface area contributed by atoms with Gasteiger partial charge >= 0.3 is 0 Å². The predicted octanol–water partition coefficient (Wildman–Crippen LogP) is 2.71. The molecular formula is C16H15BrN4O2. The zero-order valence-corrected chi connectivity index (χ0v) is 14.0. The van der Waals surface area contributed by atoms with Gasteiger partial charge in [-0.25, -0.2) is 14.9 Å². The average Bonchev–Trinajstić information content (AvgIpc) is 2.83. The molecule has 0 radical (unpaired) electrons. The number of hydroxylamine groups is 2. The van der Waals surface area contributed by atoms with Crippen LogP contribution in [0.2, 0.25) is 0 Å². The average molecular weight is 375 g/mol. The Bertz CT molecular complexity index is 783. The van der Waals surface area contributed by atoms with Gasteiger partial charge in [0.15, 0.2) is 0 Å². The minimum Gasteiger partial charge on any atom is -0.483 e. The number of rotatable bonds is 1. The molecule has 0 aliphatic carbocycles. The van der Waals surface area contributed by atoms with E-state index < -0.39 is 5.72 Å². The Labute approximate surface area is 142 Å². The molecule has 0 fully saturated rings. The van der Waals surface area contributed by atoms with Crippen LogP contribution in [0, 0.1) is 0 Å². The molecule has 0 amide bonds. The lowest BCUT2D eigenvalue weighted by Crippen LogP contribution is -2.36. The van der Waals surface area contributed by atoms with Crippen LogP contribution in [0.25, 0.3) is 0 Å². The van der Waals surface area contributed by atoms with E-state index in [4.69, 9.17) is 15.3 Å². The summed E-state index contributed by atoms with van der Waals surface area (Å²) in [4.78, 5) is 15.0. The summed E-state index contributed by atoms with van der Waals surface area (Å²) in [5.41, 5.74) is 6.75. The molecule has 0 bridgehead atoms. The minimum atomic E-state index is -0.890. The van der Waals surface area contributed by atoms with E-state index in [0.29, 0.717) is 12.4 Å². The zero-order valence-electron chi connectivity index (χ0n) is 12.4. The number of aliphatic imine (C=N–C) groups is 1. The summed E-state index contributed by atoms with van der Waals surface area (Å²) in [7, 11) is 1.75. The minimum absolute atomic E-state index is 0.257. The number of fused-ring (bicyclic) bond motifs is 2. The summed E-state index contributed by atoms with van der Waals surface area (Å²) < 4.78 is 7.07. The second kappa shape index (κ2) is 5.21. The van der Waals surface area contributed by atoms with Crippen molar-refractivity contribution in [2.24, 2.45) is 10.7 Å². The number of ether oxygens (including phenoxy) is 1. The van der Waals surface area contributed by atoms with Crippen molar-refractivity contribution in [2.45, 2.75) is 18.2 Å². The van der Waals surface area contributed by atoms with Crippen molar-refractivity contribution < 1.29 is 9.57 Å². The van der Waals surface area contributed by atoms with Gasteiger partial charge in [-0.1, -0.05) is 22.0 Å². The van der Waals surface area contributed by atoms with Crippen molar-refractivity contribution in [1.82, 2.24) is 10.0 Å². The SMILES string of the molecule is CN1OC2(CC(c3ccccn3)Oc3ccc(Br)cc32)N=C1N. The Morgan fingerprint density at radius 3 is 2.91 bits per heavy atom. The molecule has 4 rings (SSSR count). The third-order valence-corrected chi connectivity index (χ3v) is 4.51. The van der Waals surface area contributed by atoms with E-state index in [2.05, 4.69) is 25.9 Å². The molecule has 6 nitrogen and oxygen atoms in total. The van der Waals surface area contributed by atoms with Crippen molar-refractivity contribution >= 4 is 21.9 Å². The highest BCUT2D eigenvalue weighted by Crippen LogP contribution is 2.49. The number of hydrogen-bond acceptors (Lipinski definition) is 6. The summed E-state index contributed by atoms with van der Waals surface area (Å²) in [5.74, 6) is 1.07. The van der Waals surface area contributed by atoms with Crippen molar-refractivity contribution in [2.75, 3.05) is 7.05 Å². The number of nitrogens with two attached hydrogens (primary N) is 1. The first-order valence-electron chi connectivity index (χ1n) is 7.23. The molecule has 0 saturated carbocycles. The monoisotopic (exact) mass is 374 g/mol. The fourth-order valence-corrected chi connectivity index (χ4v) is 3.30. The molecule has 2 aromatic rings. The van der Waals surface area contributed by atoms with Crippen molar-refractivity contribution in [3.63, 3.8) is 0 Å². The zero-order chi connectivity index (χ0) is 16.0. The predicted molar refractivity (Wildman–Crippen MR) is 88.5 cm³/mol. The van der Waals surface area contributed by atoms with Gasteiger partial charge in [-0.2, -0.15) is 0 Å². The molecule has 1 spiro atoms. The van der Waals surface area contributed by atoms with Crippen LogP contribution in [0.3, 0.4) is 0 Å². The van der Waals surface area contributed by atoms with Gasteiger partial charge < -0.3 is 10.5 Å². The Morgan fingerprint density at radius 1 is 1.35 bits per heavy atom. The smallest absolute Gasteiger partial charge is 0.222 e. The maximum Gasteiger partial charge on any atom is 0.222 e. The molecule has 2 atom stereocenters. The van der Waals surface area contributed by atoms with Crippen molar-refractivity contribution in [3.8, 4) is 5.75 Å². The second-order valence-corrected chi connectivity index (χ2v) is 6.46. The number of aromatic nitrogens is 1. The van der Waals surface area contributed by atoms with E-state index >= 15 is 0 Å². The molecule has 2 aliphatic heterocycles. The quantitative estimate of drug-likeness (QED) is 0.830. The van der Waals surface area contributed by atoms with Crippen molar-refractivity contribution in [3.05, 3.63) is 58.3 Å². The van der Waals surface area contributed by atoms with Crippen LogP contribution in [0.15, 0.2) is 52.1 Å². The van der Waals surface area contributed by atoms with Crippen molar-refractivity contribution in [1.29, 1.82) is 0 Å². The number of nitrogens with zero attached hydrogens (tertiary/aromatic N) is 3. The molecule has 2 aliphatic rings. The van der Waals surface area contributed by atoms with Gasteiger partial charge in [0.2, 0.25) is 11.7 Å². The Balaban J connectivity index is 1.84. The maximum absolute atomic E-state index is 6.14. The van der Waals surface area contributed by atoms with E-state index in [-0.39, 0.29) is 6.10 Å². The molecule has 23 heavy (non-hydrogen) atoms. The molecule has 2 N–H and O–H groups in total. The number of guanidine groups is 1.